The summed E-state index contributed by atoms with van der Waals surface area (Å²) in [6.07, 6.45) is 0.963. The third kappa shape index (κ3) is 3.67. The molecule has 0 aliphatic heterocycles. The van der Waals surface area contributed by atoms with E-state index in [1.165, 1.54) is 12.1 Å². The van der Waals surface area contributed by atoms with Crippen molar-refractivity contribution in [3.63, 3.8) is 0 Å². The van der Waals surface area contributed by atoms with Crippen molar-refractivity contribution in [2.45, 2.75) is 26.7 Å². The van der Waals surface area contributed by atoms with Crippen LogP contribution in [-0.2, 0) is 6.42 Å². The van der Waals surface area contributed by atoms with Gasteiger partial charge in [0.25, 0.3) is 0 Å². The Morgan fingerprint density at radius 1 is 1.24 bits per heavy atom. The average molecular weight is 312 g/mol. The molecule has 0 atom stereocenters. The lowest BCUT2D eigenvalue weighted by molar-refractivity contribution is 0.596. The zero-order valence-electron chi connectivity index (χ0n) is 11.9. The molecular formula is C15H16ClF2N3. The van der Waals surface area contributed by atoms with Gasteiger partial charge in [-0.05, 0) is 25.5 Å². The van der Waals surface area contributed by atoms with Crippen LogP contribution in [0, 0.1) is 18.6 Å². The number of nitrogens with zero attached hydrogens (tertiary/aromatic N) is 2. The third-order valence-electron chi connectivity index (χ3n) is 3.00. The minimum atomic E-state index is -0.480. The number of aryl methyl sites for hydroxylation is 1. The molecule has 0 saturated heterocycles. The SMILES string of the molecule is CCCNc1nc(Cc2c(F)cccc2Cl)nc(C)c1F. The Kier molecular flexibility index (Phi) is 5.07. The van der Waals surface area contributed by atoms with E-state index in [-0.39, 0.29) is 17.9 Å². The van der Waals surface area contributed by atoms with Gasteiger partial charge in [-0.15, -0.1) is 0 Å². The first kappa shape index (κ1) is 15.6. The van der Waals surface area contributed by atoms with Crippen LogP contribution in [0.2, 0.25) is 5.02 Å². The Morgan fingerprint density at radius 2 is 2.00 bits per heavy atom. The number of hydrogen-bond donors (Lipinski definition) is 1. The van der Waals surface area contributed by atoms with E-state index in [4.69, 9.17) is 11.6 Å². The summed E-state index contributed by atoms with van der Waals surface area (Å²) in [4.78, 5) is 8.19. The molecule has 0 spiro atoms. The van der Waals surface area contributed by atoms with Crippen LogP contribution >= 0.6 is 11.6 Å². The van der Waals surface area contributed by atoms with Crippen LogP contribution in [0.4, 0.5) is 14.6 Å². The Hall–Kier alpha value is -1.75. The summed E-state index contributed by atoms with van der Waals surface area (Å²) >= 11 is 5.99. The number of aromatic nitrogens is 2. The first-order valence-corrected chi connectivity index (χ1v) is 7.10. The van der Waals surface area contributed by atoms with Gasteiger partial charge in [0.05, 0.1) is 5.69 Å². The third-order valence-corrected chi connectivity index (χ3v) is 3.36. The molecule has 0 saturated carbocycles. The van der Waals surface area contributed by atoms with Crippen molar-refractivity contribution in [2.75, 3.05) is 11.9 Å². The Labute approximate surface area is 127 Å². The largest absolute Gasteiger partial charge is 0.368 e. The lowest BCUT2D eigenvalue weighted by Crippen LogP contribution is -2.10. The van der Waals surface area contributed by atoms with Crippen molar-refractivity contribution in [3.05, 3.63) is 51.9 Å². The Bertz CT molecular complexity index is 627. The number of rotatable bonds is 5. The van der Waals surface area contributed by atoms with Gasteiger partial charge in [0, 0.05) is 23.6 Å². The highest BCUT2D eigenvalue weighted by Crippen LogP contribution is 2.22. The highest BCUT2D eigenvalue weighted by atomic mass is 35.5. The van der Waals surface area contributed by atoms with Crippen molar-refractivity contribution in [2.24, 2.45) is 0 Å². The molecule has 6 heteroatoms. The molecule has 0 unspecified atom stereocenters. The molecule has 1 N–H and O–H groups in total. The first-order chi connectivity index (χ1) is 10.0. The second-order valence-corrected chi connectivity index (χ2v) is 5.10. The molecule has 0 radical (unpaired) electrons. The lowest BCUT2D eigenvalue weighted by Gasteiger charge is -2.10. The standard InChI is InChI=1S/C15H16ClF2N3/c1-3-7-19-15-14(18)9(2)20-13(21-15)8-10-11(16)5-4-6-12(10)17/h4-6H,3,7-8H2,1-2H3,(H,19,20,21). The fourth-order valence-electron chi connectivity index (χ4n) is 1.92. The average Bonchev–Trinajstić information content (AvgIpc) is 2.45. The molecule has 0 aliphatic rings. The Morgan fingerprint density at radius 3 is 2.67 bits per heavy atom. The van der Waals surface area contributed by atoms with Gasteiger partial charge < -0.3 is 5.32 Å². The van der Waals surface area contributed by atoms with E-state index < -0.39 is 11.6 Å². The summed E-state index contributed by atoms with van der Waals surface area (Å²) in [6.45, 7) is 4.13. The van der Waals surface area contributed by atoms with Gasteiger partial charge in [0.15, 0.2) is 11.6 Å². The Balaban J connectivity index is 2.34. The smallest absolute Gasteiger partial charge is 0.186 e. The lowest BCUT2D eigenvalue weighted by atomic mass is 10.1. The van der Waals surface area contributed by atoms with Gasteiger partial charge in [-0.1, -0.05) is 24.6 Å². The van der Waals surface area contributed by atoms with Gasteiger partial charge >= 0.3 is 0 Å². The van der Waals surface area contributed by atoms with Gasteiger partial charge in [0.2, 0.25) is 0 Å². The summed E-state index contributed by atoms with van der Waals surface area (Å²) in [6, 6.07) is 4.46. The molecule has 112 valence electrons. The van der Waals surface area contributed by atoms with Crippen LogP contribution in [-0.4, -0.2) is 16.5 Å². The molecular weight excluding hydrogens is 296 g/mol. The monoisotopic (exact) mass is 311 g/mol. The van der Waals surface area contributed by atoms with E-state index in [0.717, 1.165) is 6.42 Å². The molecule has 21 heavy (non-hydrogen) atoms. The molecule has 1 aromatic carbocycles. The normalized spacial score (nSPS) is 10.7. The molecule has 0 amide bonds. The molecule has 3 nitrogen and oxygen atoms in total. The second kappa shape index (κ2) is 6.80. The highest BCUT2D eigenvalue weighted by Gasteiger charge is 2.14. The van der Waals surface area contributed by atoms with Crippen molar-refractivity contribution in [3.8, 4) is 0 Å². The summed E-state index contributed by atoms with van der Waals surface area (Å²) < 4.78 is 27.7. The van der Waals surface area contributed by atoms with Crippen molar-refractivity contribution >= 4 is 17.4 Å². The van der Waals surface area contributed by atoms with E-state index in [1.54, 1.807) is 13.0 Å². The van der Waals surface area contributed by atoms with Crippen LogP contribution in [0.5, 0.6) is 0 Å². The fraction of sp³-hybridized carbons (Fsp3) is 0.333. The van der Waals surface area contributed by atoms with Crippen LogP contribution in [0.1, 0.15) is 30.4 Å². The molecule has 0 bridgehead atoms. The highest BCUT2D eigenvalue weighted by molar-refractivity contribution is 6.31. The topological polar surface area (TPSA) is 37.8 Å². The quantitative estimate of drug-likeness (QED) is 0.902. The molecule has 0 fully saturated rings. The predicted molar refractivity (Wildman–Crippen MR) is 79.7 cm³/mol. The first-order valence-electron chi connectivity index (χ1n) is 6.72. The van der Waals surface area contributed by atoms with Gasteiger partial charge in [-0.2, -0.15) is 0 Å². The molecule has 0 aliphatic carbocycles. The molecule has 2 aromatic rings. The fourth-order valence-corrected chi connectivity index (χ4v) is 2.15. The minimum Gasteiger partial charge on any atom is -0.368 e. The van der Waals surface area contributed by atoms with Gasteiger partial charge in [0.1, 0.15) is 11.6 Å². The number of anilines is 1. The predicted octanol–water partition coefficient (Wildman–Crippen LogP) is 4.13. The summed E-state index contributed by atoms with van der Waals surface area (Å²) in [5.74, 6) is -0.422. The van der Waals surface area contributed by atoms with E-state index in [1.807, 2.05) is 6.92 Å². The maximum Gasteiger partial charge on any atom is 0.186 e. The van der Waals surface area contributed by atoms with Crippen LogP contribution < -0.4 is 5.32 Å². The number of halogens is 3. The summed E-state index contributed by atoms with van der Waals surface area (Å²) in [7, 11) is 0. The number of nitrogens with one attached hydrogen (secondary N) is 1. The summed E-state index contributed by atoms with van der Waals surface area (Å²) in [5.41, 5.74) is 0.540. The molecule has 2 rings (SSSR count). The molecule has 1 heterocycles. The van der Waals surface area contributed by atoms with Gasteiger partial charge in [-0.25, -0.2) is 18.7 Å². The van der Waals surface area contributed by atoms with E-state index in [9.17, 15) is 8.78 Å². The van der Waals surface area contributed by atoms with Crippen LogP contribution in [0.15, 0.2) is 18.2 Å². The van der Waals surface area contributed by atoms with E-state index in [0.29, 0.717) is 23.0 Å². The number of hydrogen-bond acceptors (Lipinski definition) is 3. The zero-order chi connectivity index (χ0) is 15.4. The maximum atomic E-state index is 13.9. The van der Waals surface area contributed by atoms with E-state index in [2.05, 4.69) is 15.3 Å². The van der Waals surface area contributed by atoms with Crippen molar-refractivity contribution in [1.29, 1.82) is 0 Å². The summed E-state index contributed by atoms with van der Waals surface area (Å²) in [5, 5.41) is 3.21. The molecule has 1 aromatic heterocycles. The van der Waals surface area contributed by atoms with Crippen LogP contribution in [0.3, 0.4) is 0 Å². The van der Waals surface area contributed by atoms with Gasteiger partial charge in [-0.3, -0.25) is 0 Å². The maximum absolute atomic E-state index is 13.9. The second-order valence-electron chi connectivity index (χ2n) is 4.69. The van der Waals surface area contributed by atoms with Crippen molar-refractivity contribution < 1.29 is 8.78 Å². The van der Waals surface area contributed by atoms with E-state index >= 15 is 0 Å². The zero-order valence-corrected chi connectivity index (χ0v) is 12.6. The van der Waals surface area contributed by atoms with Crippen molar-refractivity contribution in [1.82, 2.24) is 9.97 Å². The van der Waals surface area contributed by atoms with Crippen LogP contribution in [0.25, 0.3) is 0 Å². The minimum absolute atomic E-state index is 0.118. The number of benzene rings is 1.